The van der Waals surface area contributed by atoms with E-state index in [0.717, 1.165) is 48.9 Å². The molecular weight excluding hydrogens is 340 g/mol. The molecule has 0 aromatic rings. The Morgan fingerprint density at radius 2 is 1.52 bits per heavy atom. The van der Waals surface area contributed by atoms with E-state index in [0.29, 0.717) is 25.0 Å². The minimum absolute atomic E-state index is 0.0572. The fourth-order valence-electron chi connectivity index (χ4n) is 9.29. The van der Waals surface area contributed by atoms with Gasteiger partial charge in [0.15, 0.2) is 5.79 Å². The van der Waals surface area contributed by atoms with Gasteiger partial charge in [0.05, 0.1) is 12.0 Å². The molecule has 27 heavy (non-hydrogen) atoms. The monoisotopic (exact) mass is 372 g/mol. The van der Waals surface area contributed by atoms with Crippen molar-refractivity contribution in [2.75, 3.05) is 13.2 Å². The molecule has 1 heterocycles. The van der Waals surface area contributed by atoms with Crippen molar-refractivity contribution in [3.63, 3.8) is 0 Å². The molecule has 148 valence electrons. The predicted octanol–water partition coefficient (Wildman–Crippen LogP) is 3.92. The van der Waals surface area contributed by atoms with E-state index in [9.17, 15) is 4.79 Å². The normalized spacial score (nSPS) is 59.3. The van der Waals surface area contributed by atoms with Gasteiger partial charge in [0.25, 0.3) is 0 Å². The van der Waals surface area contributed by atoms with E-state index in [4.69, 9.17) is 14.2 Å². The van der Waals surface area contributed by atoms with E-state index < -0.39 is 0 Å². The van der Waals surface area contributed by atoms with Crippen LogP contribution in [0.4, 0.5) is 0 Å². The lowest BCUT2D eigenvalue weighted by atomic mass is 9.53. The molecule has 0 aromatic heterocycles. The summed E-state index contributed by atoms with van der Waals surface area (Å²) in [4.78, 5) is 13.0. The van der Waals surface area contributed by atoms with Gasteiger partial charge in [0.2, 0.25) is 0 Å². The molecular formula is C23H32O4. The Kier molecular flexibility index (Phi) is 3.18. The van der Waals surface area contributed by atoms with Crippen LogP contribution in [0.1, 0.15) is 64.2 Å². The highest BCUT2D eigenvalue weighted by molar-refractivity contribution is 5.78. The fourth-order valence-corrected chi connectivity index (χ4v) is 9.29. The maximum atomic E-state index is 13.0. The summed E-state index contributed by atoms with van der Waals surface area (Å²) in [6.07, 6.45) is 12.5. The minimum Gasteiger partial charge on any atom is -0.462 e. The highest BCUT2D eigenvalue weighted by Crippen LogP contribution is 2.65. The fraction of sp³-hybridized carbons (Fsp3) is 0.957. The molecule has 1 aliphatic heterocycles. The van der Waals surface area contributed by atoms with Gasteiger partial charge >= 0.3 is 5.97 Å². The van der Waals surface area contributed by atoms with E-state index in [1.54, 1.807) is 0 Å². The molecule has 0 N–H and O–H groups in total. The summed E-state index contributed by atoms with van der Waals surface area (Å²) in [7, 11) is 0. The third-order valence-electron chi connectivity index (χ3n) is 9.88. The van der Waals surface area contributed by atoms with Crippen molar-refractivity contribution in [3.8, 4) is 0 Å². The number of esters is 1. The smallest absolute Gasteiger partial charge is 0.312 e. The molecule has 8 aliphatic carbocycles. The van der Waals surface area contributed by atoms with Gasteiger partial charge < -0.3 is 14.2 Å². The maximum Gasteiger partial charge on any atom is 0.312 e. The zero-order valence-electron chi connectivity index (χ0n) is 16.2. The van der Waals surface area contributed by atoms with E-state index in [2.05, 4.69) is 0 Å². The molecule has 9 aliphatic rings. The standard InChI is InChI=1S/C23H32O4/c24-21(22-8-15-2-16(9-22)17(3-15)10-22)25-11-20-12-26-23(27-20)18-4-13-1-14(6-18)7-19(23)5-13/h13-20H,1-12H2. The molecule has 0 amide bonds. The first kappa shape index (κ1) is 16.2. The molecule has 1 saturated heterocycles. The van der Waals surface area contributed by atoms with Crippen LogP contribution in [0.5, 0.6) is 0 Å². The van der Waals surface area contributed by atoms with E-state index >= 15 is 0 Å². The Labute approximate surface area is 161 Å². The number of ether oxygens (including phenoxy) is 3. The maximum absolute atomic E-state index is 13.0. The van der Waals surface area contributed by atoms with Gasteiger partial charge in [-0.3, -0.25) is 4.79 Å². The predicted molar refractivity (Wildman–Crippen MR) is 97.5 cm³/mol. The summed E-state index contributed by atoms with van der Waals surface area (Å²) in [6, 6.07) is 0. The van der Waals surface area contributed by atoms with Crippen LogP contribution in [0.2, 0.25) is 0 Å². The molecule has 3 atom stereocenters. The van der Waals surface area contributed by atoms with Crippen LogP contribution in [0, 0.1) is 46.8 Å². The highest BCUT2D eigenvalue weighted by Gasteiger charge is 2.63. The number of hydrogen-bond acceptors (Lipinski definition) is 4. The minimum atomic E-state index is -0.340. The van der Waals surface area contributed by atoms with Gasteiger partial charge in [-0.1, -0.05) is 0 Å². The van der Waals surface area contributed by atoms with Crippen molar-refractivity contribution in [1.29, 1.82) is 0 Å². The third kappa shape index (κ3) is 2.15. The number of hydrogen-bond donors (Lipinski definition) is 0. The van der Waals surface area contributed by atoms with Gasteiger partial charge in [-0.2, -0.15) is 0 Å². The third-order valence-corrected chi connectivity index (χ3v) is 9.88. The lowest BCUT2D eigenvalue weighted by Gasteiger charge is -2.58. The first-order valence-corrected chi connectivity index (χ1v) is 11.6. The number of rotatable bonds is 3. The van der Waals surface area contributed by atoms with Crippen LogP contribution < -0.4 is 0 Å². The van der Waals surface area contributed by atoms with Crippen LogP contribution in [-0.2, 0) is 19.0 Å². The molecule has 1 spiro atoms. The van der Waals surface area contributed by atoms with Gasteiger partial charge in [0, 0.05) is 11.8 Å². The summed E-state index contributed by atoms with van der Waals surface area (Å²) in [5.74, 6) is 5.11. The average molecular weight is 373 g/mol. The summed E-state index contributed by atoms with van der Waals surface area (Å²) in [5, 5.41) is 0. The Hall–Kier alpha value is -0.610. The Balaban J connectivity index is 1.01. The zero-order chi connectivity index (χ0) is 17.8. The summed E-state index contributed by atoms with van der Waals surface area (Å²) < 4.78 is 18.8. The lowest BCUT2D eigenvalue weighted by Crippen LogP contribution is -2.58. The van der Waals surface area contributed by atoms with Crippen LogP contribution in [0.15, 0.2) is 0 Å². The highest BCUT2D eigenvalue weighted by atomic mass is 16.8. The van der Waals surface area contributed by atoms with Gasteiger partial charge in [-0.25, -0.2) is 0 Å². The van der Waals surface area contributed by atoms with Crippen LogP contribution >= 0.6 is 0 Å². The zero-order valence-corrected chi connectivity index (χ0v) is 16.2. The summed E-state index contributed by atoms with van der Waals surface area (Å²) in [6.45, 7) is 1.01. The quantitative estimate of drug-likeness (QED) is 0.704. The number of carbonyl (C=O) groups is 1. The molecule has 3 unspecified atom stereocenters. The Morgan fingerprint density at radius 3 is 2.15 bits per heavy atom. The molecule has 8 bridgehead atoms. The molecule has 8 saturated carbocycles. The van der Waals surface area contributed by atoms with Crippen molar-refractivity contribution in [2.24, 2.45) is 46.8 Å². The van der Waals surface area contributed by atoms with Gasteiger partial charge in [-0.15, -0.1) is 0 Å². The molecule has 4 heteroatoms. The molecule has 9 fully saturated rings. The van der Waals surface area contributed by atoms with Crippen molar-refractivity contribution < 1.29 is 19.0 Å². The van der Waals surface area contributed by atoms with Crippen molar-refractivity contribution in [1.82, 2.24) is 0 Å². The molecule has 0 aromatic carbocycles. The topological polar surface area (TPSA) is 44.8 Å². The molecule has 9 rings (SSSR count). The Bertz CT molecular complexity index is 624. The second kappa shape index (κ2) is 5.30. The summed E-state index contributed by atoms with van der Waals surface area (Å²) >= 11 is 0. The first-order chi connectivity index (χ1) is 13.1. The van der Waals surface area contributed by atoms with Crippen LogP contribution in [0.25, 0.3) is 0 Å². The van der Waals surface area contributed by atoms with E-state index in [1.807, 2.05) is 0 Å². The van der Waals surface area contributed by atoms with Gasteiger partial charge in [0.1, 0.15) is 12.7 Å². The second-order valence-electron chi connectivity index (χ2n) is 11.4. The SMILES string of the molecule is O=C(OCC1COC2(O1)C1CC3CC(C1)CC2C3)C12CC3CC(C1)C(C3)C2. The lowest BCUT2D eigenvalue weighted by molar-refractivity contribution is -0.295. The molecule has 4 nitrogen and oxygen atoms in total. The van der Waals surface area contributed by atoms with Gasteiger partial charge in [-0.05, 0) is 93.8 Å². The Morgan fingerprint density at radius 1 is 0.852 bits per heavy atom. The van der Waals surface area contributed by atoms with E-state index in [1.165, 1.54) is 44.9 Å². The van der Waals surface area contributed by atoms with Crippen molar-refractivity contribution in [3.05, 3.63) is 0 Å². The largest absolute Gasteiger partial charge is 0.462 e. The second-order valence-corrected chi connectivity index (χ2v) is 11.4. The van der Waals surface area contributed by atoms with Crippen LogP contribution in [0.3, 0.4) is 0 Å². The molecule has 0 radical (unpaired) electrons. The van der Waals surface area contributed by atoms with Crippen LogP contribution in [-0.4, -0.2) is 31.1 Å². The summed E-state index contributed by atoms with van der Waals surface area (Å²) in [5.41, 5.74) is -0.143. The first-order valence-electron chi connectivity index (χ1n) is 11.6. The van der Waals surface area contributed by atoms with Crippen molar-refractivity contribution in [2.45, 2.75) is 76.1 Å². The average Bonchev–Trinajstić information content (AvgIpc) is 3.27. The van der Waals surface area contributed by atoms with Crippen molar-refractivity contribution >= 4 is 5.97 Å². The van der Waals surface area contributed by atoms with E-state index in [-0.39, 0.29) is 23.3 Å². The number of carbonyl (C=O) groups excluding carboxylic acids is 1.